The van der Waals surface area contributed by atoms with E-state index in [1.807, 2.05) is 6.07 Å². The van der Waals surface area contributed by atoms with Crippen molar-refractivity contribution in [3.63, 3.8) is 0 Å². The lowest BCUT2D eigenvalue weighted by Gasteiger charge is -2.45. The molecule has 0 unspecified atom stereocenters. The number of nitrogens with zero attached hydrogens (tertiary/aromatic N) is 1. The van der Waals surface area contributed by atoms with Crippen LogP contribution < -0.4 is 10.9 Å². The van der Waals surface area contributed by atoms with Gasteiger partial charge in [-0.15, -0.1) is 0 Å². The molecule has 0 aromatic carbocycles. The van der Waals surface area contributed by atoms with Crippen molar-refractivity contribution in [3.05, 3.63) is 28.5 Å². The highest BCUT2D eigenvalue weighted by Crippen LogP contribution is 2.49. The maximum absolute atomic E-state index is 12.5. The van der Waals surface area contributed by atoms with E-state index >= 15 is 0 Å². The predicted octanol–water partition coefficient (Wildman–Crippen LogP) is 2.53. The van der Waals surface area contributed by atoms with Crippen LogP contribution in [0.5, 0.6) is 0 Å². The molecule has 2 fully saturated rings. The quantitative estimate of drug-likeness (QED) is 0.662. The summed E-state index contributed by atoms with van der Waals surface area (Å²) in [6.07, 6.45) is 4.09. The summed E-state index contributed by atoms with van der Waals surface area (Å²) in [4.78, 5) is 16.9. The molecule has 0 aliphatic heterocycles. The fraction of sp³-hybridized carbons (Fsp3) is 0.600. The van der Waals surface area contributed by atoms with Gasteiger partial charge >= 0.3 is 0 Å². The van der Waals surface area contributed by atoms with Crippen molar-refractivity contribution in [1.82, 2.24) is 15.8 Å². The Kier molecular flexibility index (Phi) is 3.46. The number of halogens is 1. The highest BCUT2D eigenvalue weighted by Gasteiger charge is 2.50. The van der Waals surface area contributed by atoms with Crippen LogP contribution in [0.2, 0.25) is 5.15 Å². The molecule has 4 nitrogen and oxygen atoms in total. The van der Waals surface area contributed by atoms with E-state index < -0.39 is 5.41 Å². The lowest BCUT2D eigenvalue weighted by atomic mass is 9.58. The topological polar surface area (TPSA) is 54.0 Å². The Hall–Kier alpha value is -1.13. The second-order valence-electron chi connectivity index (χ2n) is 6.18. The van der Waals surface area contributed by atoms with Crippen LogP contribution in [0.25, 0.3) is 0 Å². The lowest BCUT2D eigenvalue weighted by molar-refractivity contribution is -0.132. The van der Waals surface area contributed by atoms with Crippen molar-refractivity contribution < 1.29 is 4.79 Å². The van der Waals surface area contributed by atoms with E-state index in [2.05, 4.69) is 28.8 Å². The molecule has 0 atom stereocenters. The third kappa shape index (κ3) is 2.31. The molecule has 0 bridgehead atoms. The first kappa shape index (κ1) is 13.8. The molecular weight excluding hydrogens is 274 g/mol. The third-order valence-electron chi connectivity index (χ3n) is 4.43. The van der Waals surface area contributed by atoms with Crippen molar-refractivity contribution in [3.8, 4) is 0 Å². The Balaban J connectivity index is 1.97. The van der Waals surface area contributed by atoms with Crippen LogP contribution in [0.3, 0.4) is 0 Å². The van der Waals surface area contributed by atoms with E-state index in [0.717, 1.165) is 24.1 Å². The zero-order valence-electron chi connectivity index (χ0n) is 11.9. The molecule has 20 heavy (non-hydrogen) atoms. The fourth-order valence-electron chi connectivity index (χ4n) is 3.30. The third-order valence-corrected chi connectivity index (χ3v) is 4.62. The minimum Gasteiger partial charge on any atom is -0.291 e. The molecule has 1 aromatic heterocycles. The number of nitrogens with one attached hydrogen (secondary N) is 2. The Labute approximate surface area is 124 Å². The minimum absolute atomic E-state index is 0.0297. The fourth-order valence-corrected chi connectivity index (χ4v) is 3.51. The van der Waals surface area contributed by atoms with Crippen molar-refractivity contribution >= 4 is 17.5 Å². The van der Waals surface area contributed by atoms with E-state index in [1.165, 1.54) is 12.8 Å². The number of hydrogen-bond donors (Lipinski definition) is 2. The van der Waals surface area contributed by atoms with Gasteiger partial charge in [-0.2, -0.15) is 0 Å². The predicted molar refractivity (Wildman–Crippen MR) is 78.5 cm³/mol. The molecule has 5 heteroatoms. The van der Waals surface area contributed by atoms with E-state index in [0.29, 0.717) is 17.0 Å². The molecular formula is C15H20ClN3O. The van der Waals surface area contributed by atoms with Gasteiger partial charge in [-0.25, -0.2) is 10.4 Å². The van der Waals surface area contributed by atoms with Crippen molar-refractivity contribution in [2.45, 2.75) is 43.9 Å². The lowest BCUT2D eigenvalue weighted by Crippen LogP contribution is -2.55. The second kappa shape index (κ2) is 5.01. The smallest absolute Gasteiger partial charge is 0.244 e. The number of carbonyl (C=O) groups is 1. The van der Waals surface area contributed by atoms with Crippen LogP contribution in [0.4, 0.5) is 0 Å². The molecule has 3 rings (SSSR count). The molecule has 0 radical (unpaired) electrons. The summed E-state index contributed by atoms with van der Waals surface area (Å²) in [6.45, 7) is 2.18. The van der Waals surface area contributed by atoms with Gasteiger partial charge in [-0.05, 0) is 49.3 Å². The maximum Gasteiger partial charge on any atom is 0.244 e. The number of hydrazine groups is 1. The van der Waals surface area contributed by atoms with E-state index in [-0.39, 0.29) is 5.91 Å². The molecule has 1 heterocycles. The molecule has 2 saturated carbocycles. The number of amides is 1. The zero-order chi connectivity index (χ0) is 14.3. The van der Waals surface area contributed by atoms with Crippen molar-refractivity contribution in [2.75, 3.05) is 7.05 Å². The summed E-state index contributed by atoms with van der Waals surface area (Å²) in [5.74, 6) is 1.13. The summed E-state index contributed by atoms with van der Waals surface area (Å²) in [5.41, 5.74) is 7.10. The average Bonchev–Trinajstić information content (AvgIpc) is 3.18. The second-order valence-corrected chi connectivity index (χ2v) is 6.56. The maximum atomic E-state index is 12.5. The molecule has 2 aliphatic rings. The summed E-state index contributed by atoms with van der Waals surface area (Å²) in [7, 11) is 1.71. The van der Waals surface area contributed by atoms with Crippen LogP contribution >= 0.6 is 11.6 Å². The van der Waals surface area contributed by atoms with Gasteiger partial charge in [0.15, 0.2) is 0 Å². The van der Waals surface area contributed by atoms with Crippen LogP contribution in [0.15, 0.2) is 12.1 Å². The van der Waals surface area contributed by atoms with Crippen LogP contribution in [-0.2, 0) is 10.2 Å². The van der Waals surface area contributed by atoms with Gasteiger partial charge in [0, 0.05) is 18.7 Å². The summed E-state index contributed by atoms with van der Waals surface area (Å²) in [6, 6.07) is 3.94. The summed E-state index contributed by atoms with van der Waals surface area (Å²) < 4.78 is 0. The Morgan fingerprint density at radius 3 is 2.65 bits per heavy atom. The van der Waals surface area contributed by atoms with Gasteiger partial charge in [-0.1, -0.05) is 18.5 Å². The van der Waals surface area contributed by atoms with Gasteiger partial charge in [0.1, 0.15) is 5.15 Å². The van der Waals surface area contributed by atoms with Crippen LogP contribution in [-0.4, -0.2) is 17.9 Å². The van der Waals surface area contributed by atoms with E-state index in [9.17, 15) is 4.79 Å². The highest BCUT2D eigenvalue weighted by molar-refractivity contribution is 6.29. The summed E-state index contributed by atoms with van der Waals surface area (Å²) >= 11 is 6.17. The monoisotopic (exact) mass is 293 g/mol. The van der Waals surface area contributed by atoms with E-state index in [4.69, 9.17) is 11.6 Å². The normalized spacial score (nSPS) is 28.9. The van der Waals surface area contributed by atoms with Gasteiger partial charge in [0.2, 0.25) is 5.91 Å². The molecule has 0 spiro atoms. The minimum atomic E-state index is -0.446. The Morgan fingerprint density at radius 1 is 1.40 bits per heavy atom. The SMILES string of the molecule is CNNC(=O)C1(c2cc(Cl)nc(C3CC3)c2)CC(C)C1. The van der Waals surface area contributed by atoms with Crippen molar-refractivity contribution in [2.24, 2.45) is 5.92 Å². The highest BCUT2D eigenvalue weighted by atomic mass is 35.5. The van der Waals surface area contributed by atoms with Crippen LogP contribution in [0, 0.1) is 5.92 Å². The van der Waals surface area contributed by atoms with Gasteiger partial charge in [-0.3, -0.25) is 10.2 Å². The van der Waals surface area contributed by atoms with Crippen LogP contribution in [0.1, 0.15) is 49.8 Å². The Morgan fingerprint density at radius 2 is 2.10 bits per heavy atom. The van der Waals surface area contributed by atoms with Gasteiger partial charge in [0.05, 0.1) is 5.41 Å². The zero-order valence-corrected chi connectivity index (χ0v) is 12.6. The number of aromatic nitrogens is 1. The molecule has 2 N–H and O–H groups in total. The molecule has 0 saturated heterocycles. The number of carbonyl (C=O) groups excluding carboxylic acids is 1. The largest absolute Gasteiger partial charge is 0.291 e. The first-order chi connectivity index (χ1) is 9.55. The first-order valence-electron chi connectivity index (χ1n) is 7.20. The van der Waals surface area contributed by atoms with Gasteiger partial charge < -0.3 is 0 Å². The average molecular weight is 294 g/mol. The molecule has 2 aliphatic carbocycles. The number of hydrogen-bond acceptors (Lipinski definition) is 3. The number of pyridine rings is 1. The first-order valence-corrected chi connectivity index (χ1v) is 7.58. The molecule has 108 valence electrons. The molecule has 1 aromatic rings. The molecule has 1 amide bonds. The van der Waals surface area contributed by atoms with E-state index in [1.54, 1.807) is 7.05 Å². The summed E-state index contributed by atoms with van der Waals surface area (Å²) in [5, 5.41) is 0.501. The van der Waals surface area contributed by atoms with Crippen molar-refractivity contribution in [1.29, 1.82) is 0 Å². The standard InChI is InChI=1S/C15H20ClN3O/c1-9-7-15(8-9,14(20)19-17-2)11-5-12(10-3-4-10)18-13(16)6-11/h5-6,9-10,17H,3-4,7-8H2,1-2H3,(H,19,20). The van der Waals surface area contributed by atoms with Gasteiger partial charge in [0.25, 0.3) is 0 Å². The number of rotatable bonds is 4. The Bertz CT molecular complexity index is 536.